The maximum atomic E-state index is 6.82. The molecule has 5 heteroatoms. The average Bonchev–Trinajstić information content (AvgIpc) is 2.82. The van der Waals surface area contributed by atoms with E-state index in [9.17, 15) is 0 Å². The van der Waals surface area contributed by atoms with Crippen molar-refractivity contribution in [3.8, 4) is 23.8 Å². The molecule has 180 valence electrons. The molecule has 0 amide bonds. The molecule has 0 aliphatic carbocycles. The van der Waals surface area contributed by atoms with Gasteiger partial charge in [0.25, 0.3) is 0 Å². The van der Waals surface area contributed by atoms with Crippen molar-refractivity contribution in [1.82, 2.24) is 0 Å². The van der Waals surface area contributed by atoms with Crippen molar-refractivity contribution in [2.24, 2.45) is 11.8 Å². The van der Waals surface area contributed by atoms with Gasteiger partial charge in [0.1, 0.15) is 0 Å². The fraction of sp³-hybridized carbons (Fsp3) is 0.630. The Kier molecular flexibility index (Phi) is 12.1. The molecule has 4 nitrogen and oxygen atoms in total. The van der Waals surface area contributed by atoms with E-state index in [-0.39, 0.29) is 24.0 Å². The molecule has 0 N–H and O–H groups in total. The van der Waals surface area contributed by atoms with Crippen LogP contribution in [-0.2, 0) is 15.8 Å². The van der Waals surface area contributed by atoms with Crippen LogP contribution in [-0.4, -0.2) is 34.7 Å². The van der Waals surface area contributed by atoms with E-state index in [2.05, 4.69) is 60.5 Å². The monoisotopic (exact) mass is 460 g/mol. The molecule has 0 aliphatic rings. The van der Waals surface area contributed by atoms with E-state index in [4.69, 9.17) is 25.1 Å². The average molecular weight is 461 g/mol. The van der Waals surface area contributed by atoms with Crippen LogP contribution in [0.1, 0.15) is 54.0 Å². The number of hydrogen-bond donors (Lipinski definition) is 0. The van der Waals surface area contributed by atoms with Gasteiger partial charge in [0.15, 0.2) is 19.8 Å². The van der Waals surface area contributed by atoms with Crippen LogP contribution in [0.15, 0.2) is 29.8 Å². The summed E-state index contributed by atoms with van der Waals surface area (Å²) < 4.78 is 23.7. The summed E-state index contributed by atoms with van der Waals surface area (Å²) >= 11 is 0. The summed E-state index contributed by atoms with van der Waals surface area (Å²) in [6, 6.07) is 9.21. The van der Waals surface area contributed by atoms with E-state index in [1.807, 2.05) is 18.2 Å². The Morgan fingerprint density at radius 1 is 1.03 bits per heavy atom. The Bertz CT molecular complexity index is 755. The highest BCUT2D eigenvalue weighted by Gasteiger charge is 2.34. The predicted molar refractivity (Wildman–Crippen MR) is 137 cm³/mol. The van der Waals surface area contributed by atoms with Gasteiger partial charge in [-0.25, -0.2) is 0 Å². The third-order valence-corrected chi connectivity index (χ3v) is 11.3. The highest BCUT2D eigenvalue weighted by Crippen LogP contribution is 2.30. The second-order valence-electron chi connectivity index (χ2n) is 8.71. The van der Waals surface area contributed by atoms with E-state index in [1.165, 1.54) is 5.57 Å². The molecule has 0 radical (unpaired) electrons. The first-order chi connectivity index (χ1) is 15.2. The summed E-state index contributed by atoms with van der Waals surface area (Å²) in [7, 11) is 1.51. The maximum absolute atomic E-state index is 6.82. The molecule has 1 aromatic rings. The molecule has 1 aromatic carbocycles. The van der Waals surface area contributed by atoms with E-state index in [1.54, 1.807) is 14.2 Å². The summed E-state index contributed by atoms with van der Waals surface area (Å²) in [5.41, 5.74) is 2.26. The van der Waals surface area contributed by atoms with Gasteiger partial charge in [0.2, 0.25) is 0 Å². The molecule has 0 aromatic heterocycles. The van der Waals surface area contributed by atoms with Crippen LogP contribution in [0.3, 0.4) is 0 Å². The van der Waals surface area contributed by atoms with E-state index in [0.29, 0.717) is 12.4 Å². The van der Waals surface area contributed by atoms with E-state index >= 15 is 0 Å². The summed E-state index contributed by atoms with van der Waals surface area (Å²) in [5.74, 6) is 4.61. The van der Waals surface area contributed by atoms with Crippen LogP contribution in [0.5, 0.6) is 11.5 Å². The molecule has 0 saturated carbocycles. The first kappa shape index (κ1) is 28.3. The number of hydrogen-bond acceptors (Lipinski definition) is 4. The van der Waals surface area contributed by atoms with Crippen molar-refractivity contribution in [1.29, 1.82) is 0 Å². The topological polar surface area (TPSA) is 36.9 Å². The Balaban J connectivity index is 2.91. The lowest BCUT2D eigenvalue weighted by Crippen LogP contribution is -2.42. The Labute approximate surface area is 197 Å². The zero-order valence-corrected chi connectivity index (χ0v) is 22.7. The fourth-order valence-corrected chi connectivity index (χ4v) is 6.87. The molecule has 0 aliphatic heterocycles. The van der Waals surface area contributed by atoms with Crippen molar-refractivity contribution in [2.45, 2.75) is 85.4 Å². The van der Waals surface area contributed by atoms with Crippen LogP contribution in [0.2, 0.25) is 18.1 Å². The first-order valence-corrected chi connectivity index (χ1v) is 14.4. The largest absolute Gasteiger partial charge is 0.493 e. The van der Waals surface area contributed by atoms with Crippen molar-refractivity contribution in [3.05, 3.63) is 35.4 Å². The highest BCUT2D eigenvalue weighted by molar-refractivity contribution is 6.73. The van der Waals surface area contributed by atoms with Gasteiger partial charge in [-0.1, -0.05) is 39.8 Å². The summed E-state index contributed by atoms with van der Waals surface area (Å²) in [4.78, 5) is 0. The molecule has 32 heavy (non-hydrogen) atoms. The van der Waals surface area contributed by atoms with Crippen molar-refractivity contribution < 1.29 is 18.6 Å². The normalized spacial score (nSPS) is 16.1. The Morgan fingerprint density at radius 3 is 2.12 bits per heavy atom. The first-order valence-electron chi connectivity index (χ1n) is 11.8. The maximum Gasteiger partial charge on any atom is 0.192 e. The van der Waals surface area contributed by atoms with Gasteiger partial charge >= 0.3 is 0 Å². The molecule has 0 fully saturated rings. The Morgan fingerprint density at radius 2 is 1.62 bits per heavy atom. The number of terminal acetylenes is 1. The molecule has 4 atom stereocenters. The van der Waals surface area contributed by atoms with E-state index < -0.39 is 8.32 Å². The number of ether oxygens (including phenoxy) is 3. The van der Waals surface area contributed by atoms with Gasteiger partial charge in [-0.15, -0.1) is 12.3 Å². The lowest BCUT2D eigenvalue weighted by molar-refractivity contribution is 0.0301. The van der Waals surface area contributed by atoms with Crippen LogP contribution in [0, 0.1) is 24.2 Å². The molecule has 0 unspecified atom stereocenters. The van der Waals surface area contributed by atoms with Crippen molar-refractivity contribution in [3.63, 3.8) is 0 Å². The lowest BCUT2D eigenvalue weighted by Gasteiger charge is -2.36. The third kappa shape index (κ3) is 7.69. The number of benzene rings is 1. The quantitative estimate of drug-likeness (QED) is 0.173. The minimum Gasteiger partial charge on any atom is -0.493 e. The number of rotatable bonds is 14. The third-order valence-electron chi connectivity index (χ3n) is 6.70. The fourth-order valence-electron chi connectivity index (χ4n) is 3.94. The smallest absolute Gasteiger partial charge is 0.192 e. The van der Waals surface area contributed by atoms with Gasteiger partial charge in [-0.05, 0) is 62.2 Å². The zero-order chi connectivity index (χ0) is 24.3. The van der Waals surface area contributed by atoms with Gasteiger partial charge in [0.05, 0.1) is 33.0 Å². The SMILES string of the molecule is C#C[C@H](C)[C@@H](O[Si](CC)(CC)CC)/C(C)=C/[C@H](C)[C@@H](C)OCc1ccc(OC)c(OC)c1. The van der Waals surface area contributed by atoms with Gasteiger partial charge in [0, 0.05) is 11.8 Å². The second-order valence-corrected chi connectivity index (χ2v) is 13.4. The minimum atomic E-state index is -1.77. The van der Waals surface area contributed by atoms with Crippen LogP contribution >= 0.6 is 0 Å². The lowest BCUT2D eigenvalue weighted by atomic mass is 9.94. The zero-order valence-electron chi connectivity index (χ0n) is 21.7. The second kappa shape index (κ2) is 13.7. The Hall–Kier alpha value is -1.74. The molecule has 0 heterocycles. The van der Waals surface area contributed by atoms with Crippen LogP contribution < -0.4 is 9.47 Å². The summed E-state index contributed by atoms with van der Waals surface area (Å²) in [6.07, 6.45) is 8.10. The van der Waals surface area contributed by atoms with Gasteiger partial charge in [-0.3, -0.25) is 0 Å². The molecule has 0 bridgehead atoms. The van der Waals surface area contributed by atoms with Gasteiger partial charge < -0.3 is 18.6 Å². The summed E-state index contributed by atoms with van der Waals surface area (Å²) in [5, 5.41) is 0. The predicted octanol–water partition coefficient (Wildman–Crippen LogP) is 6.85. The van der Waals surface area contributed by atoms with Crippen LogP contribution in [0.4, 0.5) is 0 Å². The highest BCUT2D eigenvalue weighted by atomic mass is 28.4. The minimum absolute atomic E-state index is 0.0352. The standard InChI is InChI=1S/C27H44O4Si/c1-11-20(5)27(31-32(12-2,13-3)14-4)22(7)17-21(6)23(8)30-19-24-15-16-25(28-9)26(18-24)29-10/h1,15-18,20-21,23,27H,12-14,19H2,2-10H3/b22-17+/t20-,21-,23+,27+/m0/s1. The van der Waals surface area contributed by atoms with Crippen LogP contribution in [0.25, 0.3) is 0 Å². The van der Waals surface area contributed by atoms with Crippen molar-refractivity contribution in [2.75, 3.05) is 14.2 Å². The number of methoxy groups -OCH3 is 2. The summed E-state index contributed by atoms with van der Waals surface area (Å²) in [6.45, 7) is 15.8. The molecule has 1 rings (SSSR count). The molecule has 0 saturated heterocycles. The molecular weight excluding hydrogens is 416 g/mol. The molecular formula is C27H44O4Si. The molecule has 0 spiro atoms. The van der Waals surface area contributed by atoms with E-state index in [0.717, 1.165) is 29.4 Å². The van der Waals surface area contributed by atoms with Gasteiger partial charge in [-0.2, -0.15) is 0 Å². The van der Waals surface area contributed by atoms with Crippen molar-refractivity contribution >= 4 is 8.32 Å².